The van der Waals surface area contributed by atoms with E-state index in [9.17, 15) is 14.4 Å². The fourth-order valence-corrected chi connectivity index (χ4v) is 2.38. The van der Waals surface area contributed by atoms with E-state index in [2.05, 4.69) is 0 Å². The second-order valence-electron chi connectivity index (χ2n) is 4.88. The lowest BCUT2D eigenvalue weighted by molar-refractivity contribution is -0.127. The molecule has 0 aliphatic heterocycles. The molecular formula is C12H21N3O3. The topological polar surface area (TPSA) is 106 Å². The Morgan fingerprint density at radius 1 is 0.889 bits per heavy atom. The van der Waals surface area contributed by atoms with Crippen LogP contribution in [0.3, 0.4) is 0 Å². The van der Waals surface area contributed by atoms with E-state index in [1.165, 1.54) is 11.3 Å². The molecule has 0 heterocycles. The van der Waals surface area contributed by atoms with Gasteiger partial charge in [-0.1, -0.05) is 19.3 Å². The predicted molar refractivity (Wildman–Crippen MR) is 66.4 cm³/mol. The molecule has 1 rings (SSSR count). The zero-order chi connectivity index (χ0) is 13.5. The van der Waals surface area contributed by atoms with Gasteiger partial charge in [-0.15, -0.1) is 0 Å². The number of amides is 2. The van der Waals surface area contributed by atoms with E-state index in [0.717, 1.165) is 25.7 Å². The number of nitrogens with two attached hydrogens (primary N) is 2. The molecule has 1 fully saturated rings. The smallest absolute Gasteiger partial charge is 0.231 e. The molecule has 1 aliphatic rings. The molecule has 102 valence electrons. The molecule has 0 atom stereocenters. The predicted octanol–water partition coefficient (Wildman–Crippen LogP) is -0.592. The number of ketones is 1. The summed E-state index contributed by atoms with van der Waals surface area (Å²) in [5.74, 6) is -0.986. The van der Waals surface area contributed by atoms with Crippen molar-refractivity contribution < 1.29 is 14.4 Å². The summed E-state index contributed by atoms with van der Waals surface area (Å²) in [6.45, 7) is -0.140. The number of carbonyl (C=O) groups is 3. The van der Waals surface area contributed by atoms with E-state index in [4.69, 9.17) is 11.5 Å². The fraction of sp³-hybridized carbons (Fsp3) is 0.750. The van der Waals surface area contributed by atoms with Crippen LogP contribution in [0, 0.1) is 5.92 Å². The molecule has 0 radical (unpaired) electrons. The number of Topliss-reactive ketones (excluding diaryl/α,β-unsaturated/α-hetero) is 1. The van der Waals surface area contributed by atoms with Crippen LogP contribution in [0.15, 0.2) is 0 Å². The molecule has 1 aliphatic carbocycles. The van der Waals surface area contributed by atoms with Gasteiger partial charge in [0.2, 0.25) is 11.8 Å². The summed E-state index contributed by atoms with van der Waals surface area (Å²) in [7, 11) is 0. The summed E-state index contributed by atoms with van der Waals surface area (Å²) < 4.78 is 0. The SMILES string of the molecule is NC(=O)CN(CC(N)=O)CC(=O)C1CCCCC1. The van der Waals surface area contributed by atoms with Gasteiger partial charge in [-0.05, 0) is 12.8 Å². The molecule has 0 aromatic heterocycles. The summed E-state index contributed by atoms with van der Waals surface area (Å²) >= 11 is 0. The highest BCUT2D eigenvalue weighted by Gasteiger charge is 2.24. The Morgan fingerprint density at radius 3 is 1.83 bits per heavy atom. The van der Waals surface area contributed by atoms with Gasteiger partial charge in [0.15, 0.2) is 0 Å². The first kappa shape index (κ1) is 14.6. The first-order chi connectivity index (χ1) is 8.49. The number of hydrogen-bond acceptors (Lipinski definition) is 4. The number of carbonyl (C=O) groups excluding carboxylic acids is 3. The zero-order valence-electron chi connectivity index (χ0n) is 10.6. The quantitative estimate of drug-likeness (QED) is 0.634. The molecule has 0 spiro atoms. The summed E-state index contributed by atoms with van der Waals surface area (Å²) in [5, 5.41) is 0. The van der Waals surface area contributed by atoms with Crippen LogP contribution in [0.5, 0.6) is 0 Å². The number of rotatable bonds is 7. The van der Waals surface area contributed by atoms with Gasteiger partial charge in [-0.2, -0.15) is 0 Å². The van der Waals surface area contributed by atoms with Gasteiger partial charge in [0, 0.05) is 5.92 Å². The molecule has 0 aromatic carbocycles. The Morgan fingerprint density at radius 2 is 1.39 bits per heavy atom. The van der Waals surface area contributed by atoms with Gasteiger partial charge >= 0.3 is 0 Å². The van der Waals surface area contributed by atoms with Crippen molar-refractivity contribution in [3.05, 3.63) is 0 Å². The number of hydrogen-bond donors (Lipinski definition) is 2. The molecule has 0 saturated heterocycles. The molecule has 18 heavy (non-hydrogen) atoms. The van der Waals surface area contributed by atoms with E-state index in [0.29, 0.717) is 0 Å². The maximum absolute atomic E-state index is 12.0. The summed E-state index contributed by atoms with van der Waals surface area (Å²) in [4.78, 5) is 35.2. The van der Waals surface area contributed by atoms with Crippen LogP contribution in [-0.2, 0) is 14.4 Å². The number of nitrogens with zero attached hydrogens (tertiary/aromatic N) is 1. The van der Waals surface area contributed by atoms with Crippen LogP contribution in [0.1, 0.15) is 32.1 Å². The normalized spacial score (nSPS) is 16.7. The van der Waals surface area contributed by atoms with Crippen molar-refractivity contribution in [2.45, 2.75) is 32.1 Å². The summed E-state index contributed by atoms with van der Waals surface area (Å²) in [6.07, 6.45) is 5.12. The van der Waals surface area contributed by atoms with Gasteiger partial charge in [-0.3, -0.25) is 19.3 Å². The minimum Gasteiger partial charge on any atom is -0.369 e. The monoisotopic (exact) mass is 255 g/mol. The second-order valence-corrected chi connectivity index (χ2v) is 4.88. The van der Waals surface area contributed by atoms with E-state index in [1.54, 1.807) is 0 Å². The Balaban J connectivity index is 2.49. The van der Waals surface area contributed by atoms with E-state index in [-0.39, 0.29) is 31.3 Å². The maximum Gasteiger partial charge on any atom is 0.231 e. The van der Waals surface area contributed by atoms with Crippen molar-refractivity contribution in [2.24, 2.45) is 17.4 Å². The van der Waals surface area contributed by atoms with E-state index in [1.807, 2.05) is 0 Å². The molecular weight excluding hydrogens is 234 g/mol. The lowest BCUT2D eigenvalue weighted by atomic mass is 9.86. The van der Waals surface area contributed by atoms with Crippen LogP contribution < -0.4 is 11.5 Å². The van der Waals surface area contributed by atoms with E-state index >= 15 is 0 Å². The Bertz CT molecular complexity index is 309. The second kappa shape index (κ2) is 7.10. The van der Waals surface area contributed by atoms with Gasteiger partial charge in [0.05, 0.1) is 19.6 Å². The van der Waals surface area contributed by atoms with E-state index < -0.39 is 11.8 Å². The van der Waals surface area contributed by atoms with Crippen molar-refractivity contribution in [3.63, 3.8) is 0 Å². The Labute approximate surface area is 107 Å². The first-order valence-corrected chi connectivity index (χ1v) is 6.30. The lowest BCUT2D eigenvalue weighted by Crippen LogP contribution is -2.43. The molecule has 1 saturated carbocycles. The van der Waals surface area contributed by atoms with Crippen molar-refractivity contribution in [2.75, 3.05) is 19.6 Å². The van der Waals surface area contributed by atoms with Gasteiger partial charge in [0.1, 0.15) is 5.78 Å². The maximum atomic E-state index is 12.0. The average Bonchev–Trinajstić information content (AvgIpc) is 2.28. The third-order valence-electron chi connectivity index (χ3n) is 3.20. The molecule has 0 aromatic rings. The third kappa shape index (κ3) is 5.27. The molecule has 2 amide bonds. The van der Waals surface area contributed by atoms with Crippen LogP contribution in [-0.4, -0.2) is 42.1 Å². The van der Waals surface area contributed by atoms with Crippen LogP contribution in [0.2, 0.25) is 0 Å². The first-order valence-electron chi connectivity index (χ1n) is 6.30. The van der Waals surface area contributed by atoms with Gasteiger partial charge in [-0.25, -0.2) is 0 Å². The summed E-state index contributed by atoms with van der Waals surface area (Å²) in [6, 6.07) is 0. The minimum atomic E-state index is -0.562. The van der Waals surface area contributed by atoms with Crippen molar-refractivity contribution in [1.29, 1.82) is 0 Å². The fourth-order valence-electron chi connectivity index (χ4n) is 2.38. The third-order valence-corrected chi connectivity index (χ3v) is 3.20. The van der Waals surface area contributed by atoms with Crippen molar-refractivity contribution >= 4 is 17.6 Å². The Hall–Kier alpha value is -1.43. The largest absolute Gasteiger partial charge is 0.369 e. The summed E-state index contributed by atoms with van der Waals surface area (Å²) in [5.41, 5.74) is 10.2. The molecule has 6 heteroatoms. The highest BCUT2D eigenvalue weighted by Crippen LogP contribution is 2.24. The van der Waals surface area contributed by atoms with Gasteiger partial charge in [0.25, 0.3) is 0 Å². The standard InChI is InChI=1S/C12H21N3O3/c13-11(17)7-15(8-12(14)18)6-10(16)9-4-2-1-3-5-9/h9H,1-8H2,(H2,13,17)(H2,14,18). The highest BCUT2D eigenvalue weighted by atomic mass is 16.2. The molecule has 0 unspecified atom stereocenters. The lowest BCUT2D eigenvalue weighted by Gasteiger charge is -2.24. The van der Waals surface area contributed by atoms with Gasteiger partial charge < -0.3 is 11.5 Å². The molecule has 6 nitrogen and oxygen atoms in total. The molecule has 0 bridgehead atoms. The average molecular weight is 255 g/mol. The Kier molecular flexibility index (Phi) is 5.77. The number of primary amides is 2. The zero-order valence-corrected chi connectivity index (χ0v) is 10.6. The molecule has 4 N–H and O–H groups in total. The van der Waals surface area contributed by atoms with Crippen LogP contribution in [0.4, 0.5) is 0 Å². The van der Waals surface area contributed by atoms with Crippen LogP contribution >= 0.6 is 0 Å². The highest BCUT2D eigenvalue weighted by molar-refractivity contribution is 5.85. The minimum absolute atomic E-state index is 0.0574. The van der Waals surface area contributed by atoms with Crippen LogP contribution in [0.25, 0.3) is 0 Å². The van der Waals surface area contributed by atoms with Crippen molar-refractivity contribution in [3.8, 4) is 0 Å². The van der Waals surface area contributed by atoms with Crippen molar-refractivity contribution in [1.82, 2.24) is 4.90 Å².